The Balaban J connectivity index is 1.30. The summed E-state index contributed by atoms with van der Waals surface area (Å²) in [6.07, 6.45) is 5.61. The minimum absolute atomic E-state index is 0.144. The number of allylic oxidation sites excluding steroid dienone is 1. The molecule has 2 aliphatic rings. The first-order valence-corrected chi connectivity index (χ1v) is 13.4. The number of hydrogen-bond acceptors (Lipinski definition) is 8. The molecular weight excluding hydrogens is 494 g/mol. The van der Waals surface area contributed by atoms with Crippen molar-refractivity contribution in [3.63, 3.8) is 0 Å². The van der Waals surface area contributed by atoms with Crippen LogP contribution in [0.5, 0.6) is 0 Å². The number of fused-ring (bicyclic) bond motifs is 1. The smallest absolute Gasteiger partial charge is 0.278 e. The van der Waals surface area contributed by atoms with E-state index in [1.54, 1.807) is 16.8 Å². The third-order valence-corrected chi connectivity index (χ3v) is 7.81. The molecule has 3 aromatic heterocycles. The molecule has 11 nitrogen and oxygen atoms in total. The highest BCUT2D eigenvalue weighted by molar-refractivity contribution is 5.77. The summed E-state index contributed by atoms with van der Waals surface area (Å²) in [5.74, 6) is 0.765. The topological polar surface area (TPSA) is 115 Å². The van der Waals surface area contributed by atoms with Crippen LogP contribution >= 0.6 is 0 Å². The standard InChI is InChI=1S/C28H33N9O2/c1-4-13-35-26(39)22-16-30-27(32-25(22)37(35)23-9-10-24(38)36(33-23)19(2)3)31-20-5-7-21(8-6-20)34-14-11-28(12-15-34)17-29-18-28/h4-10,16,19,29H,1,11-15,17-18H2,2-3H3,(H,30,31,32). The third kappa shape index (κ3) is 4.52. The van der Waals surface area contributed by atoms with Gasteiger partial charge in [0, 0.05) is 49.8 Å². The van der Waals surface area contributed by atoms with Gasteiger partial charge in [-0.15, -0.1) is 11.7 Å². The van der Waals surface area contributed by atoms with Gasteiger partial charge in [-0.3, -0.25) is 9.59 Å². The molecule has 1 aromatic carbocycles. The van der Waals surface area contributed by atoms with Crippen LogP contribution in [0.1, 0.15) is 32.7 Å². The molecule has 2 N–H and O–H groups in total. The van der Waals surface area contributed by atoms with Crippen molar-refractivity contribution in [2.24, 2.45) is 5.41 Å². The Bertz CT molecular complexity index is 1630. The maximum absolute atomic E-state index is 13.2. The zero-order valence-electron chi connectivity index (χ0n) is 22.3. The summed E-state index contributed by atoms with van der Waals surface area (Å²) in [5, 5.41) is 11.6. The molecule has 11 heteroatoms. The van der Waals surface area contributed by atoms with Crippen LogP contribution in [0.3, 0.4) is 0 Å². The first-order valence-electron chi connectivity index (χ1n) is 13.4. The quantitative estimate of drug-likeness (QED) is 0.353. The van der Waals surface area contributed by atoms with Crippen molar-refractivity contribution >= 4 is 28.4 Å². The SMILES string of the molecule is C=CCn1c(=O)c2cnc(Nc3ccc(N4CCC5(CC4)CNC5)cc3)nc2n1-c1ccc(=O)n(C(C)C)n1. The fourth-order valence-corrected chi connectivity index (χ4v) is 5.46. The van der Waals surface area contributed by atoms with E-state index in [2.05, 4.69) is 44.3 Å². The van der Waals surface area contributed by atoms with E-state index in [1.807, 2.05) is 26.0 Å². The van der Waals surface area contributed by atoms with Gasteiger partial charge < -0.3 is 15.5 Å². The molecule has 0 amide bonds. The van der Waals surface area contributed by atoms with Crippen LogP contribution in [0.25, 0.3) is 16.9 Å². The average Bonchev–Trinajstić information content (AvgIpc) is 3.19. The van der Waals surface area contributed by atoms with Crippen LogP contribution in [-0.2, 0) is 6.54 Å². The molecule has 0 atom stereocenters. The van der Waals surface area contributed by atoms with Gasteiger partial charge >= 0.3 is 0 Å². The monoisotopic (exact) mass is 527 g/mol. The van der Waals surface area contributed by atoms with E-state index < -0.39 is 0 Å². The maximum Gasteiger partial charge on any atom is 0.278 e. The second-order valence-electron chi connectivity index (χ2n) is 10.7. The molecule has 0 saturated carbocycles. The number of nitrogens with zero attached hydrogens (tertiary/aromatic N) is 7. The molecule has 6 rings (SSSR count). The molecule has 2 fully saturated rings. The van der Waals surface area contributed by atoms with E-state index in [9.17, 15) is 9.59 Å². The van der Waals surface area contributed by atoms with Gasteiger partial charge in [-0.05, 0) is 62.4 Å². The summed E-state index contributed by atoms with van der Waals surface area (Å²) < 4.78 is 4.50. The van der Waals surface area contributed by atoms with Crippen molar-refractivity contribution in [3.05, 3.63) is 76.0 Å². The molecule has 39 heavy (non-hydrogen) atoms. The number of nitrogens with one attached hydrogen (secondary N) is 2. The lowest BCUT2D eigenvalue weighted by molar-refractivity contribution is 0.126. The molecular formula is C28H33N9O2. The Hall–Kier alpha value is -4.25. The molecule has 0 unspecified atom stereocenters. The Morgan fingerprint density at radius 2 is 1.85 bits per heavy atom. The third-order valence-electron chi connectivity index (χ3n) is 7.81. The number of aromatic nitrogens is 6. The zero-order valence-corrected chi connectivity index (χ0v) is 22.3. The van der Waals surface area contributed by atoms with Crippen molar-refractivity contribution in [1.82, 2.24) is 34.4 Å². The Labute approximate surface area is 225 Å². The van der Waals surface area contributed by atoms with Crippen molar-refractivity contribution in [2.45, 2.75) is 39.3 Å². The Morgan fingerprint density at radius 1 is 1.10 bits per heavy atom. The summed E-state index contributed by atoms with van der Waals surface area (Å²) >= 11 is 0. The fraction of sp³-hybridized carbons (Fsp3) is 0.393. The Morgan fingerprint density at radius 3 is 2.49 bits per heavy atom. The van der Waals surface area contributed by atoms with Gasteiger partial charge in [0.1, 0.15) is 5.39 Å². The first-order chi connectivity index (χ1) is 18.9. The van der Waals surface area contributed by atoms with Crippen LogP contribution in [-0.4, -0.2) is 55.3 Å². The van der Waals surface area contributed by atoms with Crippen LogP contribution in [0.4, 0.5) is 17.3 Å². The first kappa shape index (κ1) is 25.1. The molecule has 202 valence electrons. The van der Waals surface area contributed by atoms with Crippen molar-refractivity contribution in [1.29, 1.82) is 0 Å². The van der Waals surface area contributed by atoms with Gasteiger partial charge in [-0.2, -0.15) is 4.98 Å². The van der Waals surface area contributed by atoms with Gasteiger partial charge in [-0.25, -0.2) is 19.0 Å². The molecule has 0 radical (unpaired) electrons. The highest BCUT2D eigenvalue weighted by Crippen LogP contribution is 2.36. The average molecular weight is 528 g/mol. The van der Waals surface area contributed by atoms with Crippen LogP contribution in [0.15, 0.2) is 64.8 Å². The van der Waals surface area contributed by atoms with Gasteiger partial charge in [0.15, 0.2) is 11.5 Å². The van der Waals surface area contributed by atoms with Crippen LogP contribution in [0.2, 0.25) is 0 Å². The number of piperidine rings is 1. The van der Waals surface area contributed by atoms with E-state index in [0.717, 1.165) is 31.9 Å². The van der Waals surface area contributed by atoms with E-state index in [4.69, 9.17) is 4.98 Å². The lowest BCUT2D eigenvalue weighted by Crippen LogP contribution is -2.58. The Kier molecular flexibility index (Phi) is 6.30. The van der Waals surface area contributed by atoms with Crippen molar-refractivity contribution in [2.75, 3.05) is 36.4 Å². The molecule has 2 aliphatic heterocycles. The van der Waals surface area contributed by atoms with Gasteiger partial charge in [0.2, 0.25) is 5.95 Å². The van der Waals surface area contributed by atoms with E-state index in [0.29, 0.717) is 28.2 Å². The van der Waals surface area contributed by atoms with Crippen molar-refractivity contribution < 1.29 is 0 Å². The van der Waals surface area contributed by atoms with E-state index in [-0.39, 0.29) is 23.7 Å². The van der Waals surface area contributed by atoms with Gasteiger partial charge in [0.25, 0.3) is 11.1 Å². The van der Waals surface area contributed by atoms with Gasteiger partial charge in [0.05, 0.1) is 12.6 Å². The van der Waals surface area contributed by atoms with Crippen LogP contribution < -0.4 is 26.7 Å². The zero-order chi connectivity index (χ0) is 27.1. The normalized spacial score (nSPS) is 16.5. The van der Waals surface area contributed by atoms with Crippen LogP contribution in [0, 0.1) is 5.41 Å². The summed E-state index contributed by atoms with van der Waals surface area (Å²) in [4.78, 5) is 37.1. The number of rotatable bonds is 7. The lowest BCUT2D eigenvalue weighted by Gasteiger charge is -2.49. The number of benzene rings is 1. The van der Waals surface area contributed by atoms with Gasteiger partial charge in [-0.1, -0.05) is 6.08 Å². The predicted octanol–water partition coefficient (Wildman–Crippen LogP) is 2.84. The summed E-state index contributed by atoms with van der Waals surface area (Å²) in [7, 11) is 0. The molecule has 2 saturated heterocycles. The second-order valence-corrected chi connectivity index (χ2v) is 10.7. The molecule has 4 aromatic rings. The second kappa shape index (κ2) is 9.81. The molecule has 0 bridgehead atoms. The number of hydrogen-bond donors (Lipinski definition) is 2. The minimum Gasteiger partial charge on any atom is -0.371 e. The summed E-state index contributed by atoms with van der Waals surface area (Å²) in [6.45, 7) is 12.2. The highest BCUT2D eigenvalue weighted by atomic mass is 16.1. The summed E-state index contributed by atoms with van der Waals surface area (Å²) in [6, 6.07) is 11.2. The molecule has 0 aliphatic carbocycles. The lowest BCUT2D eigenvalue weighted by atomic mass is 9.73. The fourth-order valence-electron chi connectivity index (χ4n) is 5.46. The van der Waals surface area contributed by atoms with Crippen molar-refractivity contribution in [3.8, 4) is 5.82 Å². The summed E-state index contributed by atoms with van der Waals surface area (Å²) in [5.41, 5.74) is 2.49. The minimum atomic E-state index is -0.258. The highest BCUT2D eigenvalue weighted by Gasteiger charge is 2.39. The predicted molar refractivity (Wildman–Crippen MR) is 152 cm³/mol. The largest absolute Gasteiger partial charge is 0.371 e. The molecule has 1 spiro atoms. The van der Waals surface area contributed by atoms with E-state index >= 15 is 0 Å². The number of anilines is 3. The molecule has 5 heterocycles. The van der Waals surface area contributed by atoms with E-state index in [1.165, 1.54) is 40.2 Å². The maximum atomic E-state index is 13.2.